The number of piperidine rings is 1. The summed E-state index contributed by atoms with van der Waals surface area (Å²) in [4.78, 5) is 0. The SMILES string of the molecule is CN(C[C@@H]1CCCCN1)S(=O)(=O)c1cccs1. The predicted molar refractivity (Wildman–Crippen MR) is 69.8 cm³/mol. The molecule has 17 heavy (non-hydrogen) atoms. The van der Waals surface area contributed by atoms with Crippen molar-refractivity contribution < 1.29 is 8.42 Å². The van der Waals surface area contributed by atoms with Crippen LogP contribution in [0.5, 0.6) is 0 Å². The van der Waals surface area contributed by atoms with Gasteiger partial charge in [-0.2, -0.15) is 4.31 Å². The Kier molecular flexibility index (Phi) is 4.19. The Morgan fingerprint density at radius 1 is 1.53 bits per heavy atom. The minimum absolute atomic E-state index is 0.295. The Bertz CT molecular complexity index is 436. The first-order valence-corrected chi connectivity index (χ1v) is 8.16. The van der Waals surface area contributed by atoms with Crippen molar-refractivity contribution in [3.05, 3.63) is 17.5 Å². The van der Waals surface area contributed by atoms with Gasteiger partial charge in [0.2, 0.25) is 0 Å². The van der Waals surface area contributed by atoms with Gasteiger partial charge in [-0.3, -0.25) is 0 Å². The molecule has 0 amide bonds. The smallest absolute Gasteiger partial charge is 0.252 e. The monoisotopic (exact) mass is 274 g/mol. The molecule has 0 unspecified atom stereocenters. The summed E-state index contributed by atoms with van der Waals surface area (Å²) in [6.45, 7) is 1.55. The summed E-state index contributed by atoms with van der Waals surface area (Å²) in [7, 11) is -1.63. The Hall–Kier alpha value is -0.430. The van der Waals surface area contributed by atoms with Crippen LogP contribution in [0.3, 0.4) is 0 Å². The van der Waals surface area contributed by atoms with Crippen LogP contribution in [0.15, 0.2) is 21.7 Å². The van der Waals surface area contributed by atoms with E-state index in [0.29, 0.717) is 16.8 Å². The highest BCUT2D eigenvalue weighted by atomic mass is 32.2. The second-order valence-corrected chi connectivity index (χ2v) is 7.58. The van der Waals surface area contributed by atoms with Gasteiger partial charge in [-0.15, -0.1) is 11.3 Å². The number of likely N-dealkylation sites (N-methyl/N-ethyl adjacent to an activating group) is 1. The maximum atomic E-state index is 12.2. The third-order valence-electron chi connectivity index (χ3n) is 3.05. The number of nitrogens with zero attached hydrogens (tertiary/aromatic N) is 1. The zero-order valence-electron chi connectivity index (χ0n) is 9.93. The Morgan fingerprint density at radius 3 is 2.94 bits per heavy atom. The van der Waals surface area contributed by atoms with Gasteiger partial charge in [0.25, 0.3) is 10.0 Å². The van der Waals surface area contributed by atoms with Gasteiger partial charge in [0, 0.05) is 19.6 Å². The highest BCUT2D eigenvalue weighted by molar-refractivity contribution is 7.91. The first kappa shape index (κ1) is 13.0. The molecule has 1 aliphatic rings. The van der Waals surface area contributed by atoms with E-state index >= 15 is 0 Å². The first-order valence-electron chi connectivity index (χ1n) is 5.84. The van der Waals surface area contributed by atoms with Crippen molar-refractivity contribution in [3.63, 3.8) is 0 Å². The molecule has 2 rings (SSSR count). The zero-order valence-corrected chi connectivity index (χ0v) is 11.6. The number of hydrogen-bond acceptors (Lipinski definition) is 4. The molecule has 0 saturated carbocycles. The third-order valence-corrected chi connectivity index (χ3v) is 6.25. The molecule has 1 aromatic rings. The van der Waals surface area contributed by atoms with Crippen LogP contribution in [-0.2, 0) is 10.0 Å². The maximum Gasteiger partial charge on any atom is 0.252 e. The van der Waals surface area contributed by atoms with Gasteiger partial charge in [0.1, 0.15) is 4.21 Å². The number of nitrogens with one attached hydrogen (secondary N) is 1. The number of sulfonamides is 1. The Balaban J connectivity index is 2.01. The van der Waals surface area contributed by atoms with E-state index in [1.807, 2.05) is 0 Å². The summed E-state index contributed by atoms with van der Waals surface area (Å²) in [6.07, 6.45) is 3.44. The lowest BCUT2D eigenvalue weighted by Crippen LogP contribution is -2.44. The minimum atomic E-state index is -3.28. The van der Waals surface area contributed by atoms with Crippen molar-refractivity contribution in [1.29, 1.82) is 0 Å². The van der Waals surface area contributed by atoms with E-state index in [-0.39, 0.29) is 0 Å². The second-order valence-electron chi connectivity index (χ2n) is 4.36. The van der Waals surface area contributed by atoms with Crippen LogP contribution in [0, 0.1) is 0 Å². The topological polar surface area (TPSA) is 49.4 Å². The van der Waals surface area contributed by atoms with Crippen LogP contribution in [0.2, 0.25) is 0 Å². The normalized spacial score (nSPS) is 21.9. The fraction of sp³-hybridized carbons (Fsp3) is 0.636. The van der Waals surface area contributed by atoms with Gasteiger partial charge in [0.15, 0.2) is 0 Å². The van der Waals surface area contributed by atoms with Crippen molar-refractivity contribution in [2.24, 2.45) is 0 Å². The minimum Gasteiger partial charge on any atom is -0.313 e. The largest absolute Gasteiger partial charge is 0.313 e. The Labute approximate surface area is 107 Å². The summed E-state index contributed by atoms with van der Waals surface area (Å²) >= 11 is 1.27. The van der Waals surface area contributed by atoms with Crippen LogP contribution in [0.25, 0.3) is 0 Å². The quantitative estimate of drug-likeness (QED) is 0.905. The average molecular weight is 274 g/mol. The highest BCUT2D eigenvalue weighted by Crippen LogP contribution is 2.20. The fourth-order valence-electron chi connectivity index (χ4n) is 2.05. The van der Waals surface area contributed by atoms with Crippen LogP contribution in [0.1, 0.15) is 19.3 Å². The maximum absolute atomic E-state index is 12.2. The van der Waals surface area contributed by atoms with Gasteiger partial charge in [-0.1, -0.05) is 12.5 Å². The molecule has 0 spiro atoms. The summed E-state index contributed by atoms with van der Waals surface area (Å²) < 4.78 is 26.2. The molecule has 4 nitrogen and oxygen atoms in total. The lowest BCUT2D eigenvalue weighted by Gasteiger charge is -2.27. The molecule has 6 heteroatoms. The molecule has 0 bridgehead atoms. The molecule has 1 N–H and O–H groups in total. The molecular formula is C11H18N2O2S2. The lowest BCUT2D eigenvalue weighted by molar-refractivity contribution is 0.338. The standard InChI is InChI=1S/C11H18N2O2S2/c1-13(9-10-5-2-3-7-12-10)17(14,15)11-6-4-8-16-11/h4,6,8,10,12H,2-3,5,7,9H2,1H3/t10-/m0/s1. The van der Waals surface area contributed by atoms with E-state index in [1.54, 1.807) is 24.6 Å². The van der Waals surface area contributed by atoms with E-state index in [0.717, 1.165) is 13.0 Å². The van der Waals surface area contributed by atoms with Crippen molar-refractivity contribution >= 4 is 21.4 Å². The average Bonchev–Trinajstić information content (AvgIpc) is 2.84. The highest BCUT2D eigenvalue weighted by Gasteiger charge is 2.25. The van der Waals surface area contributed by atoms with E-state index in [9.17, 15) is 8.42 Å². The molecule has 1 atom stereocenters. The summed E-state index contributed by atoms with van der Waals surface area (Å²) in [5, 5.41) is 5.16. The zero-order chi connectivity index (χ0) is 12.3. The van der Waals surface area contributed by atoms with E-state index in [4.69, 9.17) is 0 Å². The Morgan fingerprint density at radius 2 is 2.35 bits per heavy atom. The molecule has 1 saturated heterocycles. The van der Waals surface area contributed by atoms with Crippen molar-refractivity contribution in [1.82, 2.24) is 9.62 Å². The number of hydrogen-bond donors (Lipinski definition) is 1. The van der Waals surface area contributed by atoms with Crippen molar-refractivity contribution in [2.75, 3.05) is 20.1 Å². The molecule has 2 heterocycles. The van der Waals surface area contributed by atoms with Crippen molar-refractivity contribution in [2.45, 2.75) is 29.5 Å². The van der Waals surface area contributed by atoms with Gasteiger partial charge < -0.3 is 5.32 Å². The van der Waals surface area contributed by atoms with Gasteiger partial charge in [0.05, 0.1) is 0 Å². The molecular weight excluding hydrogens is 256 g/mol. The van der Waals surface area contributed by atoms with Gasteiger partial charge in [-0.25, -0.2) is 8.42 Å². The van der Waals surface area contributed by atoms with Crippen LogP contribution in [-0.4, -0.2) is 38.9 Å². The van der Waals surface area contributed by atoms with E-state index in [1.165, 1.54) is 28.5 Å². The summed E-state index contributed by atoms with van der Waals surface area (Å²) in [5.74, 6) is 0. The van der Waals surface area contributed by atoms with Gasteiger partial charge >= 0.3 is 0 Å². The second kappa shape index (κ2) is 5.48. The number of thiophene rings is 1. The number of rotatable bonds is 4. The first-order chi connectivity index (χ1) is 8.10. The molecule has 0 radical (unpaired) electrons. The van der Waals surface area contributed by atoms with Crippen LogP contribution in [0.4, 0.5) is 0 Å². The van der Waals surface area contributed by atoms with Crippen molar-refractivity contribution in [3.8, 4) is 0 Å². The summed E-state index contributed by atoms with van der Waals surface area (Å²) in [6, 6.07) is 3.72. The predicted octanol–water partition coefficient (Wildman–Crippen LogP) is 1.51. The van der Waals surface area contributed by atoms with E-state index < -0.39 is 10.0 Å². The van der Waals surface area contributed by atoms with Crippen LogP contribution >= 0.6 is 11.3 Å². The molecule has 1 aliphatic heterocycles. The molecule has 0 aliphatic carbocycles. The third kappa shape index (κ3) is 3.07. The van der Waals surface area contributed by atoms with Crippen LogP contribution < -0.4 is 5.32 Å². The fourth-order valence-corrected chi connectivity index (χ4v) is 4.47. The molecule has 1 aromatic heterocycles. The molecule has 1 fully saturated rings. The van der Waals surface area contributed by atoms with Gasteiger partial charge in [-0.05, 0) is 30.8 Å². The summed E-state index contributed by atoms with van der Waals surface area (Å²) in [5.41, 5.74) is 0. The molecule has 96 valence electrons. The van der Waals surface area contributed by atoms with E-state index in [2.05, 4.69) is 5.32 Å². The lowest BCUT2D eigenvalue weighted by atomic mass is 10.1. The molecule has 0 aromatic carbocycles.